The summed E-state index contributed by atoms with van der Waals surface area (Å²) in [7, 11) is 0. The third kappa shape index (κ3) is 3.17. The molecule has 0 aliphatic rings. The van der Waals surface area contributed by atoms with Crippen LogP contribution in [0.4, 0.5) is 5.69 Å². The van der Waals surface area contributed by atoms with E-state index in [0.717, 1.165) is 32.7 Å². The zero-order valence-electron chi connectivity index (χ0n) is 12.6. The Hall–Kier alpha value is -2.06. The van der Waals surface area contributed by atoms with Gasteiger partial charge in [0.15, 0.2) is 0 Å². The Bertz CT molecular complexity index is 820. The molecule has 3 heteroatoms. The van der Waals surface area contributed by atoms with Gasteiger partial charge in [-0.2, -0.15) is 0 Å². The molecule has 1 aromatic carbocycles. The van der Waals surface area contributed by atoms with Gasteiger partial charge in [0.2, 0.25) is 0 Å². The van der Waals surface area contributed by atoms with E-state index >= 15 is 0 Å². The van der Waals surface area contributed by atoms with E-state index in [2.05, 4.69) is 17.6 Å². The maximum Gasteiger partial charge on any atom is 0.0536 e. The molecule has 0 aliphatic carbocycles. The third-order valence-corrected chi connectivity index (χ3v) is 3.73. The topological polar surface area (TPSA) is 38.9 Å². The summed E-state index contributed by atoms with van der Waals surface area (Å²) in [6, 6.07) is 4.05. The number of hydrogen-bond acceptors (Lipinski definition) is 2. The molecule has 0 saturated heterocycles. The van der Waals surface area contributed by atoms with Gasteiger partial charge in [-0.05, 0) is 54.5 Å². The number of halogens is 1. The van der Waals surface area contributed by atoms with Crippen LogP contribution in [0.25, 0.3) is 23.3 Å². The Labute approximate surface area is 130 Å². The molecule has 0 amide bonds. The highest BCUT2D eigenvalue weighted by Crippen LogP contribution is 2.25. The van der Waals surface area contributed by atoms with Gasteiger partial charge in [0.05, 0.1) is 11.9 Å². The van der Waals surface area contributed by atoms with E-state index in [1.54, 1.807) is 6.20 Å². The first-order chi connectivity index (χ1) is 9.93. The van der Waals surface area contributed by atoms with Gasteiger partial charge in [-0.25, -0.2) is 0 Å². The fourth-order valence-corrected chi connectivity index (χ4v) is 2.65. The van der Waals surface area contributed by atoms with Crippen LogP contribution in [0, 0.1) is 6.92 Å². The molecule has 0 saturated carbocycles. The number of pyridine rings is 1. The smallest absolute Gasteiger partial charge is 0.0536 e. The van der Waals surface area contributed by atoms with Gasteiger partial charge in [-0.3, -0.25) is 4.98 Å². The minimum atomic E-state index is 0.681. The molecule has 0 unspecified atom stereocenters. The molecule has 1 heterocycles. The number of hydrogen-bond donors (Lipinski definition) is 1. The van der Waals surface area contributed by atoms with Gasteiger partial charge in [0.1, 0.15) is 0 Å². The minimum absolute atomic E-state index is 0.681. The number of benzene rings is 1. The van der Waals surface area contributed by atoms with E-state index < -0.39 is 0 Å². The summed E-state index contributed by atoms with van der Waals surface area (Å²) in [6.45, 7) is 9.87. The summed E-state index contributed by atoms with van der Waals surface area (Å²) in [4.78, 5) is 4.18. The van der Waals surface area contributed by atoms with Crippen molar-refractivity contribution in [1.29, 1.82) is 0 Å². The number of anilines is 1. The molecule has 0 aliphatic heterocycles. The molecular weight excluding hydrogens is 280 g/mol. The lowest BCUT2D eigenvalue weighted by atomic mass is 10.00. The van der Waals surface area contributed by atoms with Gasteiger partial charge in [-0.15, -0.1) is 0 Å². The van der Waals surface area contributed by atoms with E-state index in [-0.39, 0.29) is 0 Å². The average molecular weight is 299 g/mol. The minimum Gasteiger partial charge on any atom is -0.397 e. The van der Waals surface area contributed by atoms with E-state index in [4.69, 9.17) is 17.3 Å². The summed E-state index contributed by atoms with van der Waals surface area (Å²) in [5.74, 6) is 0. The molecule has 2 N–H and O–H groups in total. The molecule has 2 aromatic rings. The summed E-state index contributed by atoms with van der Waals surface area (Å²) in [5.41, 5.74) is 10.6. The van der Waals surface area contributed by atoms with Crippen LogP contribution in [0.1, 0.15) is 19.4 Å². The Morgan fingerprint density at radius 2 is 2.05 bits per heavy atom. The summed E-state index contributed by atoms with van der Waals surface area (Å²) < 4.78 is 0. The second-order valence-corrected chi connectivity index (χ2v) is 5.55. The predicted octanol–water partition coefficient (Wildman–Crippen LogP) is 3.45. The first-order valence-electron chi connectivity index (χ1n) is 6.77. The fourth-order valence-electron chi connectivity index (χ4n) is 2.32. The van der Waals surface area contributed by atoms with Crippen molar-refractivity contribution in [2.45, 2.75) is 20.8 Å². The lowest BCUT2D eigenvalue weighted by Crippen LogP contribution is -2.25. The number of aromatic nitrogens is 1. The zero-order valence-corrected chi connectivity index (χ0v) is 13.3. The normalized spacial score (nSPS) is 12.8. The van der Waals surface area contributed by atoms with E-state index in [9.17, 15) is 0 Å². The Morgan fingerprint density at radius 1 is 1.33 bits per heavy atom. The second-order valence-electron chi connectivity index (χ2n) is 5.14. The van der Waals surface area contributed by atoms with Crippen molar-refractivity contribution in [3.05, 3.63) is 57.7 Å². The average Bonchev–Trinajstić information content (AvgIpc) is 2.41. The molecule has 0 atom stereocenters. The molecule has 0 fully saturated rings. The number of allylic oxidation sites excluding steroid dienone is 1. The van der Waals surface area contributed by atoms with Crippen molar-refractivity contribution < 1.29 is 0 Å². The lowest BCUT2D eigenvalue weighted by molar-refractivity contribution is 1.29. The number of rotatable bonds is 2. The molecule has 0 radical (unpaired) electrons. The molecule has 0 bridgehead atoms. The molecule has 2 nitrogen and oxygen atoms in total. The standard InChI is InChI=1S/C18H19ClN2/c1-5-15-13(6-11(2)3)7-14(8-17(15)19)16-9-21-10-18(20)12(16)4/h5-10H,2,20H2,1,3-4H3/b13-6-,15-5+. The maximum absolute atomic E-state index is 6.43. The van der Waals surface area contributed by atoms with Crippen molar-refractivity contribution in [3.63, 3.8) is 0 Å². The Morgan fingerprint density at radius 3 is 2.67 bits per heavy atom. The predicted molar refractivity (Wildman–Crippen MR) is 92.5 cm³/mol. The van der Waals surface area contributed by atoms with Crippen molar-refractivity contribution in [1.82, 2.24) is 4.98 Å². The molecule has 108 valence electrons. The van der Waals surface area contributed by atoms with Gasteiger partial charge >= 0.3 is 0 Å². The summed E-state index contributed by atoms with van der Waals surface area (Å²) >= 11 is 6.43. The van der Waals surface area contributed by atoms with Crippen LogP contribution in [0.15, 0.2) is 36.7 Å². The van der Waals surface area contributed by atoms with Crippen LogP contribution in [0.5, 0.6) is 0 Å². The maximum atomic E-state index is 6.43. The van der Waals surface area contributed by atoms with Gasteiger partial charge in [-0.1, -0.05) is 35.9 Å². The van der Waals surface area contributed by atoms with Crippen LogP contribution in [0.2, 0.25) is 5.02 Å². The van der Waals surface area contributed by atoms with Crippen LogP contribution in [0.3, 0.4) is 0 Å². The van der Waals surface area contributed by atoms with E-state index in [1.165, 1.54) is 0 Å². The molecule has 1 aromatic heterocycles. The Balaban J connectivity index is 2.82. The van der Waals surface area contributed by atoms with Crippen molar-refractivity contribution in [2.24, 2.45) is 0 Å². The highest BCUT2D eigenvalue weighted by molar-refractivity contribution is 6.31. The van der Waals surface area contributed by atoms with Crippen LogP contribution < -0.4 is 16.2 Å². The van der Waals surface area contributed by atoms with Crippen LogP contribution >= 0.6 is 11.6 Å². The van der Waals surface area contributed by atoms with Gasteiger partial charge in [0, 0.05) is 16.8 Å². The fraction of sp³-hybridized carbons (Fsp3) is 0.167. The molecule has 0 spiro atoms. The Kier molecular flexibility index (Phi) is 4.49. The SMILES string of the molecule is C=C(C)/C=c1/cc(-c2cncc(N)c2C)cc(Cl)/c1=C/C. The van der Waals surface area contributed by atoms with Crippen LogP contribution in [-0.2, 0) is 0 Å². The zero-order chi connectivity index (χ0) is 15.6. The highest BCUT2D eigenvalue weighted by atomic mass is 35.5. The van der Waals surface area contributed by atoms with Gasteiger partial charge in [0.25, 0.3) is 0 Å². The van der Waals surface area contributed by atoms with Crippen molar-refractivity contribution in [2.75, 3.05) is 5.73 Å². The van der Waals surface area contributed by atoms with Crippen molar-refractivity contribution >= 4 is 29.4 Å². The second kappa shape index (κ2) is 6.15. The van der Waals surface area contributed by atoms with Crippen LogP contribution in [-0.4, -0.2) is 4.98 Å². The first-order valence-corrected chi connectivity index (χ1v) is 7.15. The number of nitrogens with zero attached hydrogens (tertiary/aromatic N) is 1. The quantitative estimate of drug-likeness (QED) is 0.922. The van der Waals surface area contributed by atoms with E-state index in [0.29, 0.717) is 10.7 Å². The lowest BCUT2D eigenvalue weighted by Gasteiger charge is -2.09. The number of nitrogen functional groups attached to an aromatic ring is 1. The monoisotopic (exact) mass is 298 g/mol. The van der Waals surface area contributed by atoms with Crippen molar-refractivity contribution in [3.8, 4) is 11.1 Å². The molecule has 2 rings (SSSR count). The van der Waals surface area contributed by atoms with Gasteiger partial charge < -0.3 is 5.73 Å². The summed E-state index contributed by atoms with van der Waals surface area (Å²) in [5, 5.41) is 2.77. The molecule has 21 heavy (non-hydrogen) atoms. The number of nitrogens with two attached hydrogens (primary N) is 1. The largest absolute Gasteiger partial charge is 0.397 e. The third-order valence-electron chi connectivity index (χ3n) is 3.42. The molecular formula is C18H19ClN2. The first kappa shape index (κ1) is 15.3. The van der Waals surface area contributed by atoms with E-state index in [1.807, 2.05) is 45.2 Å². The highest BCUT2D eigenvalue weighted by Gasteiger charge is 2.07. The summed E-state index contributed by atoms with van der Waals surface area (Å²) in [6.07, 6.45) is 7.51.